The topological polar surface area (TPSA) is 0 Å². The van der Waals surface area contributed by atoms with Gasteiger partial charge < -0.3 is 0 Å². The maximum absolute atomic E-state index is 2.26. The molecule has 0 aliphatic carbocycles. The molecule has 0 aromatic heterocycles. The minimum absolute atomic E-state index is 0.193. The zero-order chi connectivity index (χ0) is 12.3. The Kier molecular flexibility index (Phi) is 3.58. The van der Waals surface area contributed by atoms with Crippen LogP contribution in [0.3, 0.4) is 0 Å². The van der Waals surface area contributed by atoms with E-state index in [1.807, 2.05) is 11.8 Å². The van der Waals surface area contributed by atoms with Gasteiger partial charge in [-0.2, -0.15) is 0 Å². The molecule has 0 saturated carbocycles. The number of rotatable bonds is 2. The molecule has 88 valence electrons. The van der Waals surface area contributed by atoms with E-state index in [-0.39, 0.29) is 5.41 Å². The molecule has 0 saturated heterocycles. The summed E-state index contributed by atoms with van der Waals surface area (Å²) in [5.74, 6) is 0. The van der Waals surface area contributed by atoms with Gasteiger partial charge in [-0.25, -0.2) is 0 Å². The lowest BCUT2D eigenvalue weighted by Gasteiger charge is -2.22. The molecule has 17 heavy (non-hydrogen) atoms. The van der Waals surface area contributed by atoms with Crippen molar-refractivity contribution in [3.63, 3.8) is 0 Å². The SMILES string of the molecule is CC(C)(C)c1ccccc1Sc1ccccc1. The van der Waals surface area contributed by atoms with Gasteiger partial charge in [-0.15, -0.1) is 0 Å². The summed E-state index contributed by atoms with van der Waals surface area (Å²) in [6.45, 7) is 6.78. The lowest BCUT2D eigenvalue weighted by molar-refractivity contribution is 0.578. The average molecular weight is 242 g/mol. The van der Waals surface area contributed by atoms with Gasteiger partial charge in [-0.3, -0.25) is 0 Å². The van der Waals surface area contributed by atoms with Gasteiger partial charge in [0.25, 0.3) is 0 Å². The highest BCUT2D eigenvalue weighted by molar-refractivity contribution is 7.99. The molecule has 0 nitrogen and oxygen atoms in total. The van der Waals surface area contributed by atoms with Gasteiger partial charge in [0.1, 0.15) is 0 Å². The van der Waals surface area contributed by atoms with Crippen molar-refractivity contribution >= 4 is 11.8 Å². The van der Waals surface area contributed by atoms with Crippen LogP contribution in [-0.2, 0) is 5.41 Å². The normalized spacial score (nSPS) is 11.5. The van der Waals surface area contributed by atoms with Crippen LogP contribution in [0.4, 0.5) is 0 Å². The van der Waals surface area contributed by atoms with E-state index in [9.17, 15) is 0 Å². The molecule has 0 fully saturated rings. The van der Waals surface area contributed by atoms with Gasteiger partial charge in [0.05, 0.1) is 0 Å². The van der Waals surface area contributed by atoms with Crippen molar-refractivity contribution in [2.45, 2.75) is 36.0 Å². The van der Waals surface area contributed by atoms with Crippen LogP contribution in [-0.4, -0.2) is 0 Å². The molecule has 0 amide bonds. The van der Waals surface area contributed by atoms with Crippen molar-refractivity contribution in [2.75, 3.05) is 0 Å². The minimum atomic E-state index is 0.193. The van der Waals surface area contributed by atoms with Crippen molar-refractivity contribution in [1.29, 1.82) is 0 Å². The van der Waals surface area contributed by atoms with Crippen LogP contribution in [0.25, 0.3) is 0 Å². The number of hydrogen-bond donors (Lipinski definition) is 0. The zero-order valence-corrected chi connectivity index (χ0v) is 11.4. The minimum Gasteiger partial charge on any atom is -0.0898 e. The second-order valence-electron chi connectivity index (χ2n) is 5.16. The maximum atomic E-state index is 2.26. The molecule has 2 rings (SSSR count). The van der Waals surface area contributed by atoms with Gasteiger partial charge in [-0.05, 0) is 29.2 Å². The molecule has 2 aromatic carbocycles. The van der Waals surface area contributed by atoms with Crippen molar-refractivity contribution < 1.29 is 0 Å². The highest BCUT2D eigenvalue weighted by Crippen LogP contribution is 2.35. The van der Waals surface area contributed by atoms with E-state index in [0.717, 1.165) is 0 Å². The first-order valence-corrected chi connectivity index (χ1v) is 6.71. The van der Waals surface area contributed by atoms with Crippen LogP contribution in [0.1, 0.15) is 26.3 Å². The summed E-state index contributed by atoms with van der Waals surface area (Å²) in [4.78, 5) is 2.65. The van der Waals surface area contributed by atoms with E-state index in [4.69, 9.17) is 0 Å². The highest BCUT2D eigenvalue weighted by atomic mass is 32.2. The number of benzene rings is 2. The van der Waals surface area contributed by atoms with Crippen LogP contribution in [0, 0.1) is 0 Å². The summed E-state index contributed by atoms with van der Waals surface area (Å²) in [5, 5.41) is 0. The van der Waals surface area contributed by atoms with Crippen LogP contribution < -0.4 is 0 Å². The fraction of sp³-hybridized carbons (Fsp3) is 0.250. The van der Waals surface area contributed by atoms with Crippen LogP contribution >= 0.6 is 11.8 Å². The summed E-state index contributed by atoms with van der Waals surface area (Å²) in [7, 11) is 0. The third-order valence-corrected chi connectivity index (χ3v) is 3.75. The Morgan fingerprint density at radius 2 is 1.35 bits per heavy atom. The monoisotopic (exact) mass is 242 g/mol. The highest BCUT2D eigenvalue weighted by Gasteiger charge is 2.17. The van der Waals surface area contributed by atoms with E-state index >= 15 is 0 Å². The third kappa shape index (κ3) is 3.13. The van der Waals surface area contributed by atoms with E-state index < -0.39 is 0 Å². The molecule has 1 heteroatoms. The molecule has 0 aliphatic heterocycles. The van der Waals surface area contributed by atoms with E-state index in [2.05, 4.69) is 75.4 Å². The summed E-state index contributed by atoms with van der Waals surface area (Å²) in [5.41, 5.74) is 1.60. The predicted octanol–water partition coefficient (Wildman–Crippen LogP) is 5.14. The van der Waals surface area contributed by atoms with Crippen LogP contribution in [0.2, 0.25) is 0 Å². The quantitative estimate of drug-likeness (QED) is 0.703. The lowest BCUT2D eigenvalue weighted by atomic mass is 9.87. The van der Waals surface area contributed by atoms with Gasteiger partial charge in [0.15, 0.2) is 0 Å². The summed E-state index contributed by atoms with van der Waals surface area (Å²) >= 11 is 1.84. The van der Waals surface area contributed by atoms with Crippen LogP contribution in [0.5, 0.6) is 0 Å². The summed E-state index contributed by atoms with van der Waals surface area (Å²) in [6.07, 6.45) is 0. The Morgan fingerprint density at radius 3 is 2.00 bits per heavy atom. The number of hydrogen-bond acceptors (Lipinski definition) is 1. The molecular formula is C16H18S. The summed E-state index contributed by atoms with van der Waals surface area (Å²) < 4.78 is 0. The standard InChI is InChI=1S/C16H18S/c1-16(2,3)14-11-7-8-12-15(14)17-13-9-5-4-6-10-13/h4-12H,1-3H3. The average Bonchev–Trinajstić information content (AvgIpc) is 2.30. The first-order valence-electron chi connectivity index (χ1n) is 5.90. The Morgan fingerprint density at radius 1 is 0.765 bits per heavy atom. The molecule has 0 bridgehead atoms. The van der Waals surface area contributed by atoms with Crippen molar-refractivity contribution in [2.24, 2.45) is 0 Å². The first-order chi connectivity index (χ1) is 8.07. The van der Waals surface area contributed by atoms with Crippen molar-refractivity contribution in [3.05, 3.63) is 60.2 Å². The van der Waals surface area contributed by atoms with Crippen LogP contribution in [0.15, 0.2) is 64.4 Å². The lowest BCUT2D eigenvalue weighted by Crippen LogP contribution is -2.12. The molecule has 0 aliphatic rings. The molecule has 2 aromatic rings. The van der Waals surface area contributed by atoms with Gasteiger partial charge in [0.2, 0.25) is 0 Å². The molecular weight excluding hydrogens is 224 g/mol. The third-order valence-electron chi connectivity index (χ3n) is 2.67. The van der Waals surface area contributed by atoms with E-state index in [0.29, 0.717) is 0 Å². The second-order valence-corrected chi connectivity index (χ2v) is 6.28. The van der Waals surface area contributed by atoms with E-state index in [1.54, 1.807) is 0 Å². The van der Waals surface area contributed by atoms with Gasteiger partial charge in [-0.1, -0.05) is 68.9 Å². The Balaban J connectivity index is 2.34. The fourth-order valence-electron chi connectivity index (χ4n) is 1.79. The fourth-order valence-corrected chi connectivity index (χ4v) is 2.97. The maximum Gasteiger partial charge on any atom is 0.0159 e. The first kappa shape index (κ1) is 12.3. The molecule has 0 spiro atoms. The van der Waals surface area contributed by atoms with Gasteiger partial charge in [0, 0.05) is 9.79 Å². The molecule has 0 unspecified atom stereocenters. The molecule has 0 N–H and O–H groups in total. The van der Waals surface area contributed by atoms with Crippen molar-refractivity contribution in [1.82, 2.24) is 0 Å². The largest absolute Gasteiger partial charge is 0.0898 e. The Hall–Kier alpha value is -1.21. The Labute approximate surface area is 108 Å². The zero-order valence-electron chi connectivity index (χ0n) is 10.6. The second kappa shape index (κ2) is 4.97. The molecule has 0 atom stereocenters. The van der Waals surface area contributed by atoms with Gasteiger partial charge >= 0.3 is 0 Å². The van der Waals surface area contributed by atoms with Crippen molar-refractivity contribution in [3.8, 4) is 0 Å². The molecule has 0 heterocycles. The predicted molar refractivity (Wildman–Crippen MR) is 75.7 cm³/mol. The smallest absolute Gasteiger partial charge is 0.0159 e. The summed E-state index contributed by atoms with van der Waals surface area (Å²) in [6, 6.07) is 19.2. The Bertz CT molecular complexity index is 480. The van der Waals surface area contributed by atoms with E-state index in [1.165, 1.54) is 15.4 Å². The molecule has 0 radical (unpaired) electrons.